The molecule has 0 saturated heterocycles. The van der Waals surface area contributed by atoms with Crippen molar-refractivity contribution in [3.05, 3.63) is 141 Å². The number of allylic oxidation sites excluding steroid dienone is 4. The van der Waals surface area contributed by atoms with Gasteiger partial charge < -0.3 is 21.5 Å². The Morgan fingerprint density at radius 3 is 1.98 bits per heavy atom. The van der Waals surface area contributed by atoms with Crippen molar-refractivity contribution < 1.29 is 42.0 Å². The van der Waals surface area contributed by atoms with Gasteiger partial charge in [0.2, 0.25) is 5.78 Å². The molecule has 0 unspecified atom stereocenters. The van der Waals surface area contributed by atoms with E-state index >= 15 is 0 Å². The van der Waals surface area contributed by atoms with Crippen LogP contribution in [-0.2, 0) is 19.7 Å². The van der Waals surface area contributed by atoms with Crippen molar-refractivity contribution in [3.63, 3.8) is 0 Å². The van der Waals surface area contributed by atoms with E-state index in [-0.39, 0.29) is 28.1 Å². The van der Waals surface area contributed by atoms with Crippen molar-refractivity contribution in [1.82, 2.24) is 0 Å². The maximum atomic E-state index is 13.5. The largest absolute Gasteiger partial charge is 0.478 e. The number of carboxylic acids is 1. The zero-order valence-electron chi connectivity index (χ0n) is 29.4. The van der Waals surface area contributed by atoms with E-state index in [2.05, 4.69) is 31.7 Å². The lowest BCUT2D eigenvalue weighted by Crippen LogP contribution is -2.27. The average Bonchev–Trinajstić information content (AvgIpc) is 3.15. The molecule has 17 heteroatoms. The molecule has 2 aliphatic carbocycles. The van der Waals surface area contributed by atoms with Crippen LogP contribution in [0.2, 0.25) is 0 Å². The minimum Gasteiger partial charge on any atom is -0.478 e. The van der Waals surface area contributed by atoms with Crippen LogP contribution in [0.3, 0.4) is 0 Å². The van der Waals surface area contributed by atoms with Gasteiger partial charge in [-0.05, 0) is 134 Å². The van der Waals surface area contributed by atoms with Crippen LogP contribution in [0.5, 0.6) is 0 Å². The molecule has 0 aromatic heterocycles. The molecule has 4 aromatic carbocycles. The number of benzene rings is 4. The number of ketones is 2. The quantitative estimate of drug-likeness (QED) is 0.0361. The normalized spacial score (nSPS) is 15.1. The number of hydrogen-bond donors (Lipinski definition) is 7. The molecule has 6 rings (SSSR count). The van der Waals surface area contributed by atoms with Crippen molar-refractivity contribution in [2.75, 3.05) is 27.2 Å². The lowest BCUT2D eigenvalue weighted by atomic mass is 9.94. The molecule has 0 spiro atoms. The maximum absolute atomic E-state index is 13.5. The Bertz CT molecular complexity index is 2640. The van der Waals surface area contributed by atoms with E-state index in [1.54, 1.807) is 62.4 Å². The number of hydrogen-bond acceptors (Lipinski definition) is 12. The number of nitrogens with one attached hydrogen (secondary N) is 4. The third kappa shape index (κ3) is 8.49. The summed E-state index contributed by atoms with van der Waals surface area (Å²) in [4.78, 5) is 61.5. The summed E-state index contributed by atoms with van der Waals surface area (Å²) in [7, 11) is -4.95. The molecule has 282 valence electrons. The van der Waals surface area contributed by atoms with Crippen LogP contribution in [0.1, 0.15) is 47.8 Å². The Kier molecular flexibility index (Phi) is 10.6. The molecule has 4 aromatic rings. The number of amides is 2. The van der Waals surface area contributed by atoms with Gasteiger partial charge in [-0.25, -0.2) is 4.79 Å². The minimum absolute atomic E-state index is 0.0747. The van der Waals surface area contributed by atoms with Gasteiger partial charge in [0.25, 0.3) is 21.9 Å². The molecule has 8 N–H and O–H groups in total. The highest BCUT2D eigenvalue weighted by molar-refractivity contribution is 7.91. The van der Waals surface area contributed by atoms with E-state index in [4.69, 9.17) is 10.8 Å². The van der Waals surface area contributed by atoms with Crippen molar-refractivity contribution >= 4 is 85.4 Å². The Morgan fingerprint density at radius 2 is 1.34 bits per heavy atom. The Labute approximate surface area is 318 Å². The molecule has 0 saturated carbocycles. The van der Waals surface area contributed by atoms with Gasteiger partial charge in [0.05, 0.1) is 17.1 Å². The van der Waals surface area contributed by atoms with E-state index in [1.807, 2.05) is 0 Å². The Hall–Kier alpha value is -7.50. The number of fused-ring (bicyclic) bond motifs is 1. The summed E-state index contributed by atoms with van der Waals surface area (Å²) >= 11 is 0. The number of carboxylic acid groups (broad SMARTS) is 1. The number of nitrogens with zero attached hydrogens (tertiary/aromatic N) is 2. The molecular formula is C39H31N7O9S. The number of nitrogens with two attached hydrogens (primary N) is 1. The number of nitrogen functional groups attached to an aromatic ring is 1. The van der Waals surface area contributed by atoms with Crippen LogP contribution in [0.25, 0.3) is 6.08 Å². The Balaban J connectivity index is 1.13. The van der Waals surface area contributed by atoms with E-state index in [1.165, 1.54) is 36.4 Å². The fourth-order valence-electron chi connectivity index (χ4n) is 5.50. The standard InChI is InChI=1S/C39H31N7O9S/c1-20-15-22(3-12-31(20)40)38(50)42-27-9-11-29-24(17-27)18-34(56(53,54)55)35(36(29)48)46-45-32-13-4-23(16-21(32)2)37(49)41-25-5-7-26(8-6-25)43-44-28-10-14-33(47)30(19-28)39(51)52/h3-19,43,45H,40H2,1-2H3,(H,41,49)(H,42,50)(H,51,52)(H,53,54,55)/b44-28+,46-35+. The smallest absolute Gasteiger partial charge is 0.339 e. The average molecular weight is 774 g/mol. The van der Waals surface area contributed by atoms with Crippen molar-refractivity contribution in [2.24, 2.45) is 10.2 Å². The molecule has 56 heavy (non-hydrogen) atoms. The van der Waals surface area contributed by atoms with E-state index in [9.17, 15) is 36.9 Å². The predicted molar refractivity (Wildman–Crippen MR) is 211 cm³/mol. The van der Waals surface area contributed by atoms with Gasteiger partial charge in [0, 0.05) is 33.8 Å². The monoisotopic (exact) mass is 773 g/mol. The fourth-order valence-corrected chi connectivity index (χ4v) is 6.16. The van der Waals surface area contributed by atoms with Crippen molar-refractivity contribution in [3.8, 4) is 0 Å². The first kappa shape index (κ1) is 38.2. The molecular weight excluding hydrogens is 743 g/mol. The summed E-state index contributed by atoms with van der Waals surface area (Å²) in [5.74, 6) is -3.70. The second-order valence-electron chi connectivity index (χ2n) is 12.5. The second-order valence-corrected chi connectivity index (χ2v) is 13.9. The maximum Gasteiger partial charge on any atom is 0.339 e. The minimum atomic E-state index is -4.95. The number of carbonyl (C=O) groups is 5. The summed E-state index contributed by atoms with van der Waals surface area (Å²) in [6, 6.07) is 20.0. The van der Waals surface area contributed by atoms with Crippen molar-refractivity contribution in [1.29, 1.82) is 0 Å². The summed E-state index contributed by atoms with van der Waals surface area (Å²) in [5, 5.41) is 22.7. The third-order valence-corrected chi connectivity index (χ3v) is 9.39. The highest BCUT2D eigenvalue weighted by atomic mass is 32.2. The van der Waals surface area contributed by atoms with Crippen molar-refractivity contribution in [2.45, 2.75) is 13.8 Å². The molecule has 0 heterocycles. The fraction of sp³-hybridized carbons (Fsp3) is 0.0513. The topological polar surface area (TPSA) is 259 Å². The van der Waals surface area contributed by atoms with Gasteiger partial charge >= 0.3 is 5.97 Å². The van der Waals surface area contributed by atoms with Gasteiger partial charge in [-0.1, -0.05) is 0 Å². The lowest BCUT2D eigenvalue weighted by molar-refractivity contribution is -0.134. The van der Waals surface area contributed by atoms with Gasteiger partial charge in [-0.2, -0.15) is 18.6 Å². The van der Waals surface area contributed by atoms with Crippen LogP contribution in [0, 0.1) is 13.8 Å². The first-order chi connectivity index (χ1) is 26.6. The number of aliphatic carboxylic acids is 1. The van der Waals surface area contributed by atoms with E-state index in [0.29, 0.717) is 39.4 Å². The zero-order chi connectivity index (χ0) is 40.3. The first-order valence-electron chi connectivity index (χ1n) is 16.5. The molecule has 0 aliphatic heterocycles. The molecule has 16 nitrogen and oxygen atoms in total. The van der Waals surface area contributed by atoms with Gasteiger partial charge in [-0.3, -0.25) is 34.6 Å². The molecule has 2 aliphatic rings. The Morgan fingerprint density at radius 1 is 0.714 bits per heavy atom. The number of hydrazone groups is 2. The third-order valence-electron chi connectivity index (χ3n) is 8.53. The number of rotatable bonds is 10. The van der Waals surface area contributed by atoms with Gasteiger partial charge in [0.15, 0.2) is 11.5 Å². The van der Waals surface area contributed by atoms with Crippen LogP contribution < -0.4 is 27.2 Å². The SMILES string of the molecule is Cc1cc(C(=O)Nc2ccc3c(c2)C=C(S(=O)(=O)O)/C(=N\Nc2ccc(C(=O)Nc4ccc(N/N=C5\C=CC(=O)C(C(=O)O)=C5)cc4)cc2C)C3=O)ccc1N. The summed E-state index contributed by atoms with van der Waals surface area (Å²) < 4.78 is 34.9. The number of aryl methyl sites for hydroxylation is 2. The van der Waals surface area contributed by atoms with E-state index < -0.39 is 55.7 Å². The predicted octanol–water partition coefficient (Wildman–Crippen LogP) is 5.20. The lowest BCUT2D eigenvalue weighted by Gasteiger charge is -2.18. The number of carbonyl (C=O) groups excluding carboxylic acids is 4. The van der Waals surface area contributed by atoms with Gasteiger partial charge in [-0.15, -0.1) is 0 Å². The molecule has 0 atom stereocenters. The number of Topliss-reactive ketones (excluding diaryl/α,β-unsaturated/α-hetero) is 1. The van der Waals surface area contributed by atoms with Crippen LogP contribution in [0.15, 0.2) is 118 Å². The highest BCUT2D eigenvalue weighted by Gasteiger charge is 2.33. The van der Waals surface area contributed by atoms with Crippen LogP contribution >= 0.6 is 0 Å². The van der Waals surface area contributed by atoms with Gasteiger partial charge in [0.1, 0.15) is 10.5 Å². The summed E-state index contributed by atoms with van der Waals surface area (Å²) in [6.07, 6.45) is 4.72. The zero-order valence-corrected chi connectivity index (χ0v) is 30.3. The number of anilines is 5. The summed E-state index contributed by atoms with van der Waals surface area (Å²) in [5.41, 5.74) is 14.6. The van der Waals surface area contributed by atoms with Crippen LogP contribution in [-0.4, -0.2) is 58.9 Å². The molecule has 0 fully saturated rings. The highest BCUT2D eigenvalue weighted by Crippen LogP contribution is 2.29. The van der Waals surface area contributed by atoms with Crippen LogP contribution in [0.4, 0.5) is 28.4 Å². The molecule has 0 radical (unpaired) electrons. The van der Waals surface area contributed by atoms with E-state index in [0.717, 1.165) is 18.2 Å². The molecule has 0 bridgehead atoms. The first-order valence-corrected chi connectivity index (χ1v) is 17.9. The summed E-state index contributed by atoms with van der Waals surface area (Å²) in [6.45, 7) is 3.42. The molecule has 2 amide bonds. The second kappa shape index (κ2) is 15.5.